The van der Waals surface area contributed by atoms with Gasteiger partial charge < -0.3 is 10.2 Å². The van der Waals surface area contributed by atoms with Gasteiger partial charge in [0.15, 0.2) is 0 Å². The molecule has 4 nitrogen and oxygen atoms in total. The predicted molar refractivity (Wildman–Crippen MR) is 75.9 cm³/mol. The molecular formula is C15H16O4S. The van der Waals surface area contributed by atoms with Crippen LogP contribution in [-0.2, 0) is 9.84 Å². The number of hydrogen-bond acceptors (Lipinski definition) is 4. The quantitative estimate of drug-likeness (QED) is 0.892. The van der Waals surface area contributed by atoms with Crippen LogP contribution in [0.15, 0.2) is 40.1 Å². The van der Waals surface area contributed by atoms with Crippen molar-refractivity contribution in [3.8, 4) is 11.5 Å². The number of benzene rings is 2. The molecule has 5 heteroatoms. The van der Waals surface area contributed by atoms with Crippen LogP contribution < -0.4 is 0 Å². The lowest BCUT2D eigenvalue weighted by Gasteiger charge is -2.12. The summed E-state index contributed by atoms with van der Waals surface area (Å²) in [6.45, 7) is 4.99. The number of aromatic hydroxyl groups is 2. The second-order valence-corrected chi connectivity index (χ2v) is 6.77. The van der Waals surface area contributed by atoms with Crippen molar-refractivity contribution in [1.82, 2.24) is 0 Å². The number of phenolic OH excluding ortho intramolecular Hbond substituents is 2. The predicted octanol–water partition coefficient (Wildman–Crippen LogP) is 2.86. The van der Waals surface area contributed by atoms with Gasteiger partial charge in [-0.05, 0) is 56.2 Å². The van der Waals surface area contributed by atoms with Crippen LogP contribution in [0.4, 0.5) is 0 Å². The monoisotopic (exact) mass is 292 g/mol. The molecule has 0 aromatic heterocycles. The number of sulfone groups is 1. The third-order valence-corrected chi connectivity index (χ3v) is 5.08. The molecule has 2 N–H and O–H groups in total. The van der Waals surface area contributed by atoms with Crippen LogP contribution in [0, 0.1) is 20.8 Å². The first-order valence-electron chi connectivity index (χ1n) is 6.08. The van der Waals surface area contributed by atoms with Crippen molar-refractivity contribution in [3.05, 3.63) is 47.0 Å². The highest BCUT2D eigenvalue weighted by Crippen LogP contribution is 2.34. The van der Waals surface area contributed by atoms with Crippen molar-refractivity contribution >= 4 is 9.84 Å². The van der Waals surface area contributed by atoms with Crippen LogP contribution in [0.3, 0.4) is 0 Å². The van der Waals surface area contributed by atoms with Crippen LogP contribution >= 0.6 is 0 Å². The second kappa shape index (κ2) is 4.83. The van der Waals surface area contributed by atoms with Gasteiger partial charge in [-0.25, -0.2) is 8.42 Å². The molecule has 2 aromatic carbocycles. The van der Waals surface area contributed by atoms with Gasteiger partial charge in [0.25, 0.3) is 0 Å². The summed E-state index contributed by atoms with van der Waals surface area (Å²) in [6, 6.07) is 7.40. The SMILES string of the molecule is Cc1ccc(O)c(S(=O)(=O)c2cc(C)cc(O)c2C)c1. The number of aryl methyl sites for hydroxylation is 2. The summed E-state index contributed by atoms with van der Waals surface area (Å²) < 4.78 is 25.3. The van der Waals surface area contributed by atoms with Gasteiger partial charge in [-0.3, -0.25) is 0 Å². The van der Waals surface area contributed by atoms with Crippen molar-refractivity contribution in [2.24, 2.45) is 0 Å². The van der Waals surface area contributed by atoms with Gasteiger partial charge in [-0.2, -0.15) is 0 Å². The maximum atomic E-state index is 12.7. The molecule has 0 saturated carbocycles. The molecule has 0 fully saturated rings. The zero-order valence-electron chi connectivity index (χ0n) is 11.5. The average Bonchev–Trinajstić information content (AvgIpc) is 2.36. The molecule has 0 amide bonds. The van der Waals surface area contributed by atoms with E-state index in [1.54, 1.807) is 19.9 Å². The van der Waals surface area contributed by atoms with Gasteiger partial charge in [0.1, 0.15) is 16.4 Å². The van der Waals surface area contributed by atoms with Gasteiger partial charge >= 0.3 is 0 Å². The Morgan fingerprint density at radius 2 is 1.40 bits per heavy atom. The molecule has 0 aliphatic heterocycles. The van der Waals surface area contributed by atoms with E-state index in [-0.39, 0.29) is 26.9 Å². The number of phenols is 2. The lowest BCUT2D eigenvalue weighted by atomic mass is 10.1. The van der Waals surface area contributed by atoms with Crippen molar-refractivity contribution in [2.75, 3.05) is 0 Å². The van der Waals surface area contributed by atoms with Gasteiger partial charge in [-0.15, -0.1) is 0 Å². The van der Waals surface area contributed by atoms with E-state index < -0.39 is 9.84 Å². The molecule has 0 saturated heterocycles. The van der Waals surface area contributed by atoms with Gasteiger partial charge in [-0.1, -0.05) is 6.07 Å². The van der Waals surface area contributed by atoms with Gasteiger partial charge in [0.2, 0.25) is 9.84 Å². The standard InChI is InChI=1S/C15H16O4S/c1-9-4-5-12(16)15(7-9)20(18,19)14-8-10(2)6-13(17)11(14)3/h4-8,16-17H,1-3H3. The zero-order valence-corrected chi connectivity index (χ0v) is 12.3. The van der Waals surface area contributed by atoms with E-state index in [4.69, 9.17) is 0 Å². The highest BCUT2D eigenvalue weighted by Gasteiger charge is 2.25. The second-order valence-electron chi connectivity index (χ2n) is 4.88. The lowest BCUT2D eigenvalue weighted by Crippen LogP contribution is -2.05. The Morgan fingerprint density at radius 1 is 0.800 bits per heavy atom. The Hall–Kier alpha value is -2.01. The Bertz CT molecular complexity index is 777. The van der Waals surface area contributed by atoms with E-state index in [1.807, 2.05) is 0 Å². The number of hydrogen-bond donors (Lipinski definition) is 2. The molecule has 0 aliphatic rings. The van der Waals surface area contributed by atoms with E-state index >= 15 is 0 Å². The fourth-order valence-corrected chi connectivity index (χ4v) is 3.81. The van der Waals surface area contributed by atoms with E-state index in [2.05, 4.69) is 0 Å². The summed E-state index contributed by atoms with van der Waals surface area (Å²) in [6.07, 6.45) is 0. The first-order chi connectivity index (χ1) is 9.23. The summed E-state index contributed by atoms with van der Waals surface area (Å²) in [4.78, 5) is -0.137. The topological polar surface area (TPSA) is 74.6 Å². The highest BCUT2D eigenvalue weighted by molar-refractivity contribution is 7.91. The normalized spacial score (nSPS) is 11.6. The molecule has 0 radical (unpaired) electrons. The molecule has 0 unspecified atom stereocenters. The van der Waals surface area contributed by atoms with Crippen LogP contribution in [0.1, 0.15) is 16.7 Å². The largest absolute Gasteiger partial charge is 0.508 e. The lowest BCUT2D eigenvalue weighted by molar-refractivity contribution is 0.457. The highest BCUT2D eigenvalue weighted by atomic mass is 32.2. The Morgan fingerprint density at radius 3 is 2.05 bits per heavy atom. The van der Waals surface area contributed by atoms with E-state index in [0.29, 0.717) is 5.56 Å². The number of rotatable bonds is 2. The van der Waals surface area contributed by atoms with E-state index in [9.17, 15) is 18.6 Å². The molecule has 106 valence electrons. The van der Waals surface area contributed by atoms with E-state index in [1.165, 1.54) is 31.2 Å². The summed E-state index contributed by atoms with van der Waals surface area (Å²) >= 11 is 0. The third kappa shape index (κ3) is 2.36. The van der Waals surface area contributed by atoms with Crippen LogP contribution in [-0.4, -0.2) is 18.6 Å². The fraction of sp³-hybridized carbons (Fsp3) is 0.200. The maximum absolute atomic E-state index is 12.7. The summed E-state index contributed by atoms with van der Waals surface area (Å²) in [5.41, 5.74) is 1.64. The molecule has 0 heterocycles. The Labute approximate surface area is 118 Å². The first kappa shape index (κ1) is 14.4. The molecule has 2 rings (SSSR count). The maximum Gasteiger partial charge on any atom is 0.210 e. The minimum atomic E-state index is -3.88. The molecular weight excluding hydrogens is 276 g/mol. The zero-order chi connectivity index (χ0) is 15.1. The van der Waals surface area contributed by atoms with E-state index in [0.717, 1.165) is 5.56 Å². The third-order valence-electron chi connectivity index (χ3n) is 3.17. The van der Waals surface area contributed by atoms with Gasteiger partial charge in [0, 0.05) is 5.56 Å². The summed E-state index contributed by atoms with van der Waals surface area (Å²) in [5, 5.41) is 19.6. The van der Waals surface area contributed by atoms with Crippen molar-refractivity contribution in [2.45, 2.75) is 30.6 Å². The Kier molecular flexibility index (Phi) is 3.48. The van der Waals surface area contributed by atoms with Crippen molar-refractivity contribution in [3.63, 3.8) is 0 Å². The molecule has 0 bridgehead atoms. The fourth-order valence-electron chi connectivity index (χ4n) is 2.04. The van der Waals surface area contributed by atoms with Crippen molar-refractivity contribution in [1.29, 1.82) is 0 Å². The molecule has 0 aliphatic carbocycles. The van der Waals surface area contributed by atoms with Crippen LogP contribution in [0.25, 0.3) is 0 Å². The van der Waals surface area contributed by atoms with Gasteiger partial charge in [0.05, 0.1) is 4.90 Å². The summed E-state index contributed by atoms with van der Waals surface area (Å²) in [7, 11) is -3.88. The molecule has 0 spiro atoms. The minimum absolute atomic E-state index is 0.0101. The molecule has 0 atom stereocenters. The minimum Gasteiger partial charge on any atom is -0.508 e. The molecule has 20 heavy (non-hydrogen) atoms. The first-order valence-corrected chi connectivity index (χ1v) is 7.56. The summed E-state index contributed by atoms with van der Waals surface area (Å²) in [5.74, 6) is -0.369. The Balaban J connectivity index is 2.77. The molecule has 2 aromatic rings. The smallest absolute Gasteiger partial charge is 0.210 e. The van der Waals surface area contributed by atoms with Crippen molar-refractivity contribution < 1.29 is 18.6 Å². The van der Waals surface area contributed by atoms with Crippen LogP contribution in [0.2, 0.25) is 0 Å². The van der Waals surface area contributed by atoms with Crippen LogP contribution in [0.5, 0.6) is 11.5 Å². The average molecular weight is 292 g/mol.